The molecular formula is C13H16N2O. The van der Waals surface area contributed by atoms with E-state index in [1.807, 2.05) is 12.1 Å². The molecule has 1 aliphatic rings. The van der Waals surface area contributed by atoms with Gasteiger partial charge in [-0.15, -0.1) is 0 Å². The van der Waals surface area contributed by atoms with Crippen LogP contribution in [0, 0.1) is 6.92 Å². The number of benzene rings is 1. The molecule has 0 saturated heterocycles. The summed E-state index contributed by atoms with van der Waals surface area (Å²) in [5, 5.41) is 0. The van der Waals surface area contributed by atoms with Crippen LogP contribution in [0.4, 0.5) is 0 Å². The molecule has 2 aromatic rings. The molecule has 0 radical (unpaired) electrons. The summed E-state index contributed by atoms with van der Waals surface area (Å²) in [6.07, 6.45) is 3.87. The number of ether oxygens (including phenoxy) is 1. The van der Waals surface area contributed by atoms with Crippen LogP contribution in [0.25, 0.3) is 11.0 Å². The Labute approximate surface area is 95.0 Å². The summed E-state index contributed by atoms with van der Waals surface area (Å²) in [5.41, 5.74) is 2.20. The lowest BCUT2D eigenvalue weighted by Crippen LogP contribution is -2.18. The normalized spacial score (nSPS) is 16.4. The Hall–Kier alpha value is -1.51. The van der Waals surface area contributed by atoms with Gasteiger partial charge in [-0.3, -0.25) is 0 Å². The maximum Gasteiger partial charge on any atom is 0.144 e. The van der Waals surface area contributed by atoms with Gasteiger partial charge in [-0.05, 0) is 38.3 Å². The Kier molecular flexibility index (Phi) is 2.13. The van der Waals surface area contributed by atoms with Crippen LogP contribution in [0.15, 0.2) is 18.2 Å². The van der Waals surface area contributed by atoms with Crippen molar-refractivity contribution in [3.63, 3.8) is 0 Å². The lowest BCUT2D eigenvalue weighted by molar-refractivity contribution is 0.313. The molecule has 1 aliphatic carbocycles. The number of hydrogen-bond acceptors (Lipinski definition) is 2. The second kappa shape index (κ2) is 3.51. The fraction of sp³-hybridized carbons (Fsp3) is 0.462. The molecule has 1 heterocycles. The van der Waals surface area contributed by atoms with Crippen molar-refractivity contribution in [1.82, 2.24) is 9.55 Å². The molecule has 84 valence electrons. The molecule has 3 rings (SSSR count). The maximum absolute atomic E-state index is 5.44. The van der Waals surface area contributed by atoms with E-state index < -0.39 is 0 Å². The molecule has 0 bridgehead atoms. The van der Waals surface area contributed by atoms with Gasteiger partial charge in [-0.1, -0.05) is 6.07 Å². The maximum atomic E-state index is 5.44. The molecule has 0 amide bonds. The minimum atomic E-state index is 0.626. The number of nitrogens with zero attached hydrogens (tertiary/aromatic N) is 2. The van der Waals surface area contributed by atoms with E-state index in [9.17, 15) is 0 Å². The van der Waals surface area contributed by atoms with Crippen LogP contribution in [0.3, 0.4) is 0 Å². The van der Waals surface area contributed by atoms with Crippen LogP contribution in [0.5, 0.6) is 5.75 Å². The Morgan fingerprint density at radius 2 is 2.19 bits per heavy atom. The van der Waals surface area contributed by atoms with Crippen LogP contribution in [-0.2, 0) is 0 Å². The van der Waals surface area contributed by atoms with Crippen molar-refractivity contribution in [1.29, 1.82) is 0 Å². The molecular weight excluding hydrogens is 200 g/mol. The largest absolute Gasteiger partial charge is 0.494 e. The monoisotopic (exact) mass is 216 g/mol. The first-order valence-corrected chi connectivity index (χ1v) is 5.83. The van der Waals surface area contributed by atoms with Gasteiger partial charge in [0.05, 0.1) is 12.6 Å². The van der Waals surface area contributed by atoms with E-state index in [0.29, 0.717) is 6.04 Å². The van der Waals surface area contributed by atoms with Crippen molar-refractivity contribution in [3.05, 3.63) is 24.0 Å². The molecule has 1 saturated carbocycles. The highest BCUT2D eigenvalue weighted by Crippen LogP contribution is 2.37. The van der Waals surface area contributed by atoms with Crippen molar-refractivity contribution in [2.45, 2.75) is 32.2 Å². The summed E-state index contributed by atoms with van der Waals surface area (Å²) in [4.78, 5) is 4.61. The molecule has 1 fully saturated rings. The molecule has 0 aliphatic heterocycles. The summed E-state index contributed by atoms with van der Waals surface area (Å²) in [6.45, 7) is 2.08. The van der Waals surface area contributed by atoms with Gasteiger partial charge in [0.1, 0.15) is 17.1 Å². The summed E-state index contributed by atoms with van der Waals surface area (Å²) in [7, 11) is 1.72. The lowest BCUT2D eigenvalue weighted by atomic mass is 9.92. The van der Waals surface area contributed by atoms with Crippen LogP contribution >= 0.6 is 0 Å². The number of aryl methyl sites for hydroxylation is 1. The minimum Gasteiger partial charge on any atom is -0.494 e. The first-order valence-electron chi connectivity index (χ1n) is 5.83. The van der Waals surface area contributed by atoms with E-state index in [2.05, 4.69) is 22.5 Å². The number of aromatic nitrogens is 2. The van der Waals surface area contributed by atoms with E-state index in [0.717, 1.165) is 22.6 Å². The molecule has 0 N–H and O–H groups in total. The molecule has 0 spiro atoms. The predicted molar refractivity (Wildman–Crippen MR) is 63.9 cm³/mol. The van der Waals surface area contributed by atoms with E-state index >= 15 is 0 Å². The van der Waals surface area contributed by atoms with Crippen molar-refractivity contribution >= 4 is 11.0 Å². The van der Waals surface area contributed by atoms with E-state index in [-0.39, 0.29) is 0 Å². The average molecular weight is 216 g/mol. The van der Waals surface area contributed by atoms with Crippen molar-refractivity contribution < 1.29 is 4.74 Å². The molecule has 0 unspecified atom stereocenters. The van der Waals surface area contributed by atoms with Crippen LogP contribution < -0.4 is 4.74 Å². The number of methoxy groups -OCH3 is 1. The van der Waals surface area contributed by atoms with Gasteiger partial charge in [0, 0.05) is 6.04 Å². The molecule has 3 heteroatoms. The van der Waals surface area contributed by atoms with Gasteiger partial charge in [0.15, 0.2) is 0 Å². The Morgan fingerprint density at radius 1 is 1.38 bits per heavy atom. The molecule has 16 heavy (non-hydrogen) atoms. The Bertz CT molecular complexity index is 526. The molecule has 1 aromatic carbocycles. The van der Waals surface area contributed by atoms with Crippen molar-refractivity contribution in [2.75, 3.05) is 7.11 Å². The SMILES string of the molecule is COc1cccc2nc(C)n(C3CCC3)c12. The number of imidazole rings is 1. The molecule has 1 aromatic heterocycles. The second-order valence-electron chi connectivity index (χ2n) is 4.44. The highest BCUT2D eigenvalue weighted by atomic mass is 16.5. The average Bonchev–Trinajstić information content (AvgIpc) is 2.53. The third kappa shape index (κ3) is 1.24. The standard InChI is InChI=1S/C13H16N2O/c1-9-14-11-7-4-8-12(16-2)13(11)15(9)10-5-3-6-10/h4,7-8,10H,3,5-6H2,1-2H3. The highest BCUT2D eigenvalue weighted by molar-refractivity contribution is 5.82. The number of para-hydroxylation sites is 1. The summed E-state index contributed by atoms with van der Waals surface area (Å²) in [5.74, 6) is 2.04. The van der Waals surface area contributed by atoms with Crippen molar-refractivity contribution in [2.24, 2.45) is 0 Å². The van der Waals surface area contributed by atoms with Crippen LogP contribution in [-0.4, -0.2) is 16.7 Å². The van der Waals surface area contributed by atoms with Gasteiger partial charge < -0.3 is 9.30 Å². The quantitative estimate of drug-likeness (QED) is 0.771. The smallest absolute Gasteiger partial charge is 0.144 e. The summed E-state index contributed by atoms with van der Waals surface area (Å²) in [6, 6.07) is 6.69. The number of fused-ring (bicyclic) bond motifs is 1. The first-order chi connectivity index (χ1) is 7.81. The number of rotatable bonds is 2. The van der Waals surface area contributed by atoms with Crippen molar-refractivity contribution in [3.8, 4) is 5.75 Å². The molecule has 0 atom stereocenters. The third-order valence-corrected chi connectivity index (χ3v) is 3.51. The van der Waals surface area contributed by atoms with Crippen LogP contribution in [0.1, 0.15) is 31.1 Å². The highest BCUT2D eigenvalue weighted by Gasteiger charge is 2.24. The first kappa shape index (κ1) is 9.70. The van der Waals surface area contributed by atoms with Gasteiger partial charge in [0.25, 0.3) is 0 Å². The van der Waals surface area contributed by atoms with Gasteiger partial charge in [0.2, 0.25) is 0 Å². The zero-order chi connectivity index (χ0) is 11.1. The van der Waals surface area contributed by atoms with E-state index in [1.165, 1.54) is 19.3 Å². The number of hydrogen-bond donors (Lipinski definition) is 0. The minimum absolute atomic E-state index is 0.626. The Balaban J connectivity index is 2.27. The summed E-state index contributed by atoms with van der Waals surface area (Å²) >= 11 is 0. The zero-order valence-electron chi connectivity index (χ0n) is 9.73. The predicted octanol–water partition coefficient (Wildman–Crippen LogP) is 3.08. The van der Waals surface area contributed by atoms with Gasteiger partial charge in [-0.2, -0.15) is 0 Å². The zero-order valence-corrected chi connectivity index (χ0v) is 9.73. The van der Waals surface area contributed by atoms with E-state index in [4.69, 9.17) is 4.74 Å². The van der Waals surface area contributed by atoms with Gasteiger partial charge >= 0.3 is 0 Å². The molecule has 3 nitrogen and oxygen atoms in total. The fourth-order valence-electron chi connectivity index (χ4n) is 2.49. The lowest BCUT2D eigenvalue weighted by Gasteiger charge is -2.29. The fourth-order valence-corrected chi connectivity index (χ4v) is 2.49. The van der Waals surface area contributed by atoms with Crippen LogP contribution in [0.2, 0.25) is 0 Å². The second-order valence-corrected chi connectivity index (χ2v) is 4.44. The van der Waals surface area contributed by atoms with E-state index in [1.54, 1.807) is 7.11 Å². The topological polar surface area (TPSA) is 27.1 Å². The van der Waals surface area contributed by atoms with Gasteiger partial charge in [-0.25, -0.2) is 4.98 Å². The summed E-state index contributed by atoms with van der Waals surface area (Å²) < 4.78 is 7.78. The third-order valence-electron chi connectivity index (χ3n) is 3.51. The Morgan fingerprint density at radius 3 is 2.81 bits per heavy atom.